The highest BCUT2D eigenvalue weighted by atomic mass is 35.5. The molecule has 2 amide bonds. The van der Waals surface area contributed by atoms with Crippen LogP contribution in [0.1, 0.15) is 18.1 Å². The summed E-state index contributed by atoms with van der Waals surface area (Å²) in [6.45, 7) is 3.27. The van der Waals surface area contributed by atoms with E-state index in [1.165, 1.54) is 11.8 Å². The first-order valence-corrected chi connectivity index (χ1v) is 10.5. The molecule has 3 aliphatic rings. The zero-order valence-electron chi connectivity index (χ0n) is 17.3. The Morgan fingerprint density at radius 3 is 2.52 bits per heavy atom. The van der Waals surface area contributed by atoms with Crippen LogP contribution >= 0.6 is 11.6 Å². The Morgan fingerprint density at radius 1 is 1.06 bits per heavy atom. The summed E-state index contributed by atoms with van der Waals surface area (Å²) in [5.41, 5.74) is 2.87. The van der Waals surface area contributed by atoms with Crippen molar-refractivity contribution in [1.82, 2.24) is 0 Å². The van der Waals surface area contributed by atoms with Gasteiger partial charge >= 0.3 is 0 Å². The maximum absolute atomic E-state index is 13.6. The molecule has 0 N–H and O–H groups in total. The molecular formula is C24H21ClN2O4. The van der Waals surface area contributed by atoms with E-state index in [1.807, 2.05) is 35.3 Å². The Bertz CT molecular complexity index is 1170. The number of carbonyl (C=O) groups is 3. The Kier molecular flexibility index (Phi) is 4.45. The number of methoxy groups -OCH3 is 1. The van der Waals surface area contributed by atoms with Gasteiger partial charge in [0.15, 0.2) is 5.78 Å². The van der Waals surface area contributed by atoms with E-state index < -0.39 is 17.9 Å². The summed E-state index contributed by atoms with van der Waals surface area (Å²) < 4.78 is 5.31. The minimum Gasteiger partial charge on any atom is -0.497 e. The summed E-state index contributed by atoms with van der Waals surface area (Å²) in [7, 11) is 1.60. The average molecular weight is 437 g/mol. The van der Waals surface area contributed by atoms with E-state index in [0.29, 0.717) is 22.0 Å². The van der Waals surface area contributed by atoms with Crippen LogP contribution in [0.3, 0.4) is 0 Å². The van der Waals surface area contributed by atoms with Crippen molar-refractivity contribution in [2.24, 2.45) is 11.8 Å². The van der Waals surface area contributed by atoms with Crippen LogP contribution in [0.2, 0.25) is 5.02 Å². The second-order valence-corrected chi connectivity index (χ2v) is 8.59. The molecule has 6 nitrogen and oxygen atoms in total. The smallest absolute Gasteiger partial charge is 0.240 e. The predicted molar refractivity (Wildman–Crippen MR) is 118 cm³/mol. The average Bonchev–Trinajstić information content (AvgIpc) is 3.23. The first-order valence-electron chi connectivity index (χ1n) is 10.1. The zero-order valence-corrected chi connectivity index (χ0v) is 18.1. The fourth-order valence-electron chi connectivity index (χ4n) is 5.21. The van der Waals surface area contributed by atoms with Crippen molar-refractivity contribution in [2.45, 2.75) is 25.9 Å². The van der Waals surface area contributed by atoms with Crippen LogP contribution in [0.25, 0.3) is 6.08 Å². The molecular weight excluding hydrogens is 416 g/mol. The number of anilines is 2. The minimum absolute atomic E-state index is 0.139. The maximum Gasteiger partial charge on any atom is 0.240 e. The van der Waals surface area contributed by atoms with Gasteiger partial charge in [0.1, 0.15) is 11.8 Å². The molecule has 158 valence electrons. The molecule has 2 aromatic rings. The number of amides is 2. The summed E-state index contributed by atoms with van der Waals surface area (Å²) >= 11 is 6.25. The van der Waals surface area contributed by atoms with Crippen LogP contribution in [-0.4, -0.2) is 36.8 Å². The van der Waals surface area contributed by atoms with E-state index in [2.05, 4.69) is 0 Å². The van der Waals surface area contributed by atoms with E-state index in [0.717, 1.165) is 11.3 Å². The predicted octanol–water partition coefficient (Wildman–Crippen LogP) is 3.64. The van der Waals surface area contributed by atoms with Crippen LogP contribution in [-0.2, 0) is 14.4 Å². The fraction of sp³-hybridized carbons (Fsp3) is 0.292. The van der Waals surface area contributed by atoms with Gasteiger partial charge in [-0.15, -0.1) is 0 Å². The molecule has 7 heteroatoms. The van der Waals surface area contributed by atoms with Gasteiger partial charge in [-0.2, -0.15) is 0 Å². The summed E-state index contributed by atoms with van der Waals surface area (Å²) in [4.78, 5) is 43.1. The molecule has 5 rings (SSSR count). The summed E-state index contributed by atoms with van der Waals surface area (Å²) in [5, 5.41) is 0.486. The van der Waals surface area contributed by atoms with Gasteiger partial charge < -0.3 is 9.64 Å². The number of hydrogen-bond donors (Lipinski definition) is 0. The number of halogens is 1. The number of Topliss-reactive ketones (excluding diaryl/α,β-unsaturated/α-hetero) is 1. The first-order chi connectivity index (χ1) is 14.8. The van der Waals surface area contributed by atoms with Crippen molar-refractivity contribution in [3.63, 3.8) is 0 Å². The van der Waals surface area contributed by atoms with Crippen molar-refractivity contribution in [3.05, 3.63) is 58.6 Å². The van der Waals surface area contributed by atoms with Crippen LogP contribution < -0.4 is 14.5 Å². The second kappa shape index (κ2) is 6.95. The van der Waals surface area contributed by atoms with E-state index in [-0.39, 0.29) is 23.6 Å². The van der Waals surface area contributed by atoms with Gasteiger partial charge in [-0.3, -0.25) is 14.4 Å². The van der Waals surface area contributed by atoms with Crippen LogP contribution in [0.4, 0.5) is 11.4 Å². The lowest BCUT2D eigenvalue weighted by Crippen LogP contribution is -2.48. The van der Waals surface area contributed by atoms with E-state index in [9.17, 15) is 14.4 Å². The topological polar surface area (TPSA) is 66.9 Å². The molecule has 3 aliphatic heterocycles. The number of rotatable bonds is 3. The van der Waals surface area contributed by atoms with Crippen molar-refractivity contribution in [2.75, 3.05) is 16.9 Å². The van der Waals surface area contributed by atoms with Gasteiger partial charge in [-0.25, -0.2) is 4.90 Å². The van der Waals surface area contributed by atoms with Crippen LogP contribution in [0.15, 0.2) is 42.5 Å². The van der Waals surface area contributed by atoms with Gasteiger partial charge in [0, 0.05) is 16.3 Å². The third-order valence-electron chi connectivity index (χ3n) is 6.61. The molecule has 31 heavy (non-hydrogen) atoms. The maximum atomic E-state index is 13.6. The van der Waals surface area contributed by atoms with Gasteiger partial charge in [0.05, 0.1) is 30.7 Å². The highest BCUT2D eigenvalue weighted by Gasteiger charge is 2.63. The van der Waals surface area contributed by atoms with Crippen LogP contribution in [0.5, 0.6) is 5.75 Å². The quantitative estimate of drug-likeness (QED) is 0.687. The molecule has 3 heterocycles. The number of fused-ring (bicyclic) bond motifs is 5. The highest BCUT2D eigenvalue weighted by molar-refractivity contribution is 6.32. The molecule has 2 fully saturated rings. The number of ether oxygens (including phenoxy) is 1. The molecule has 0 unspecified atom stereocenters. The van der Waals surface area contributed by atoms with E-state index in [1.54, 1.807) is 32.2 Å². The third-order valence-corrected chi connectivity index (χ3v) is 7.02. The van der Waals surface area contributed by atoms with Gasteiger partial charge in [0.2, 0.25) is 11.8 Å². The summed E-state index contributed by atoms with van der Waals surface area (Å²) in [6, 6.07) is 9.67. The normalized spacial score (nSPS) is 26.1. The number of imide groups is 1. The molecule has 0 aromatic heterocycles. The second-order valence-electron chi connectivity index (χ2n) is 8.18. The Hall–Kier alpha value is -3.12. The van der Waals surface area contributed by atoms with Gasteiger partial charge in [-0.1, -0.05) is 29.8 Å². The third kappa shape index (κ3) is 2.67. The van der Waals surface area contributed by atoms with E-state index >= 15 is 0 Å². The Morgan fingerprint density at radius 2 is 1.81 bits per heavy atom. The molecule has 0 aliphatic carbocycles. The monoisotopic (exact) mass is 436 g/mol. The lowest BCUT2D eigenvalue weighted by Gasteiger charge is -2.36. The number of carbonyl (C=O) groups excluding carboxylic acids is 3. The molecule has 4 atom stereocenters. The van der Waals surface area contributed by atoms with Crippen molar-refractivity contribution >= 4 is 46.6 Å². The summed E-state index contributed by atoms with van der Waals surface area (Å²) in [6.07, 6.45) is 3.85. The van der Waals surface area contributed by atoms with Crippen molar-refractivity contribution in [1.29, 1.82) is 0 Å². The Balaban J connectivity index is 1.62. The Labute approximate surface area is 185 Å². The number of hydrogen-bond acceptors (Lipinski definition) is 5. The fourth-order valence-corrected chi connectivity index (χ4v) is 5.38. The number of nitrogens with zero attached hydrogens (tertiary/aromatic N) is 2. The van der Waals surface area contributed by atoms with Gasteiger partial charge in [0.25, 0.3) is 0 Å². The largest absolute Gasteiger partial charge is 0.497 e. The standard InChI is InChI=1S/C24H21ClN2O4/c1-12-16(25)5-4-6-17(12)27-23(29)20-19-9-7-14-11-15(31-3)8-10-18(14)26(19)22(13(2)28)21(20)24(27)30/h4-11,19-22H,1-3H3/t19-,20-,21-,22-/m1/s1. The van der Waals surface area contributed by atoms with Crippen LogP contribution in [0, 0.1) is 18.8 Å². The van der Waals surface area contributed by atoms with Crippen molar-refractivity contribution in [3.8, 4) is 5.75 Å². The minimum atomic E-state index is -0.744. The molecule has 0 spiro atoms. The van der Waals surface area contributed by atoms with E-state index in [4.69, 9.17) is 16.3 Å². The molecule has 2 saturated heterocycles. The highest BCUT2D eigenvalue weighted by Crippen LogP contribution is 2.50. The lowest BCUT2D eigenvalue weighted by atomic mass is 9.88. The lowest BCUT2D eigenvalue weighted by molar-refractivity contribution is -0.126. The molecule has 0 radical (unpaired) electrons. The van der Waals surface area contributed by atoms with Gasteiger partial charge in [-0.05, 0) is 49.7 Å². The first kappa shape index (κ1) is 19.8. The number of benzene rings is 2. The van der Waals surface area contributed by atoms with Crippen molar-refractivity contribution < 1.29 is 19.1 Å². The number of ketones is 1. The zero-order chi connectivity index (χ0) is 22.0. The molecule has 2 aromatic carbocycles. The molecule has 0 bridgehead atoms. The molecule has 0 saturated carbocycles. The SMILES string of the molecule is COc1ccc2c(c1)C=C[C@@H]1[C@H]3C(=O)N(c4cccc(Cl)c4C)C(=O)[C@H]3[C@@H](C(C)=O)N21. The summed E-state index contributed by atoms with van der Waals surface area (Å²) in [5.74, 6) is -1.45.